The van der Waals surface area contributed by atoms with Crippen molar-refractivity contribution in [2.45, 2.75) is 13.3 Å². The predicted molar refractivity (Wildman–Crippen MR) is 74.7 cm³/mol. The Kier molecular flexibility index (Phi) is 5.25. The highest BCUT2D eigenvalue weighted by molar-refractivity contribution is 5.53. The van der Waals surface area contributed by atoms with Crippen molar-refractivity contribution in [3.63, 3.8) is 0 Å². The topological polar surface area (TPSA) is 77.1 Å². The molecule has 0 atom stereocenters. The average molecular weight is 275 g/mol. The van der Waals surface area contributed by atoms with E-state index in [0.717, 1.165) is 18.6 Å². The van der Waals surface area contributed by atoms with Gasteiger partial charge >= 0.3 is 0 Å². The molecule has 0 bridgehead atoms. The molecule has 0 aliphatic carbocycles. The SMILES string of the molecule is CCCOCCOc1ccc(-c2nccc(=O)[nH]2)cn1. The molecule has 0 saturated carbocycles. The van der Waals surface area contributed by atoms with Gasteiger partial charge in [0.25, 0.3) is 5.56 Å². The second-order valence-corrected chi connectivity index (χ2v) is 4.13. The molecule has 2 heterocycles. The molecule has 0 amide bonds. The molecule has 2 rings (SSSR count). The zero-order valence-electron chi connectivity index (χ0n) is 11.3. The maximum Gasteiger partial charge on any atom is 0.251 e. The number of pyridine rings is 1. The zero-order chi connectivity index (χ0) is 14.2. The number of ether oxygens (including phenoxy) is 2. The molecule has 0 unspecified atom stereocenters. The van der Waals surface area contributed by atoms with Crippen LogP contribution in [0.2, 0.25) is 0 Å². The Bertz CT molecular complexity index is 581. The monoisotopic (exact) mass is 275 g/mol. The molecular weight excluding hydrogens is 258 g/mol. The fraction of sp³-hybridized carbons (Fsp3) is 0.357. The van der Waals surface area contributed by atoms with Gasteiger partial charge in [-0.15, -0.1) is 0 Å². The molecule has 6 nitrogen and oxygen atoms in total. The number of H-pyrrole nitrogens is 1. The maximum absolute atomic E-state index is 11.2. The van der Waals surface area contributed by atoms with E-state index in [9.17, 15) is 4.79 Å². The minimum atomic E-state index is -0.191. The van der Waals surface area contributed by atoms with Gasteiger partial charge in [-0.2, -0.15) is 0 Å². The normalized spacial score (nSPS) is 10.4. The molecule has 0 aromatic carbocycles. The van der Waals surface area contributed by atoms with Crippen LogP contribution >= 0.6 is 0 Å². The number of hydrogen-bond donors (Lipinski definition) is 1. The van der Waals surface area contributed by atoms with Crippen LogP contribution in [0.4, 0.5) is 0 Å². The minimum Gasteiger partial charge on any atom is -0.475 e. The molecule has 0 saturated heterocycles. The molecule has 1 N–H and O–H groups in total. The van der Waals surface area contributed by atoms with Gasteiger partial charge in [-0.05, 0) is 12.5 Å². The molecule has 0 aliphatic heterocycles. The highest BCUT2D eigenvalue weighted by atomic mass is 16.5. The summed E-state index contributed by atoms with van der Waals surface area (Å²) < 4.78 is 10.7. The molecule has 2 aromatic heterocycles. The maximum atomic E-state index is 11.2. The number of aromatic amines is 1. The van der Waals surface area contributed by atoms with E-state index >= 15 is 0 Å². The fourth-order valence-electron chi connectivity index (χ4n) is 1.57. The van der Waals surface area contributed by atoms with Crippen LogP contribution in [-0.4, -0.2) is 34.8 Å². The third-order valence-corrected chi connectivity index (χ3v) is 2.51. The minimum absolute atomic E-state index is 0.191. The van der Waals surface area contributed by atoms with Crippen LogP contribution in [0.25, 0.3) is 11.4 Å². The number of nitrogens with one attached hydrogen (secondary N) is 1. The molecule has 0 aliphatic rings. The summed E-state index contributed by atoms with van der Waals surface area (Å²) in [6.07, 6.45) is 4.07. The molecule has 2 aromatic rings. The van der Waals surface area contributed by atoms with Gasteiger partial charge in [-0.1, -0.05) is 6.92 Å². The van der Waals surface area contributed by atoms with Crippen molar-refractivity contribution in [1.82, 2.24) is 15.0 Å². The van der Waals surface area contributed by atoms with Crippen molar-refractivity contribution in [2.75, 3.05) is 19.8 Å². The smallest absolute Gasteiger partial charge is 0.251 e. The quantitative estimate of drug-likeness (QED) is 0.777. The number of hydrogen-bond acceptors (Lipinski definition) is 5. The first kappa shape index (κ1) is 14.2. The fourth-order valence-corrected chi connectivity index (χ4v) is 1.57. The Hall–Kier alpha value is -2.21. The lowest BCUT2D eigenvalue weighted by Gasteiger charge is -2.06. The first-order valence-electron chi connectivity index (χ1n) is 6.52. The predicted octanol–water partition coefficient (Wildman–Crippen LogP) is 1.64. The lowest BCUT2D eigenvalue weighted by atomic mass is 10.2. The largest absolute Gasteiger partial charge is 0.475 e. The van der Waals surface area contributed by atoms with Gasteiger partial charge in [0, 0.05) is 36.7 Å². The third kappa shape index (κ3) is 4.17. The molecule has 6 heteroatoms. The van der Waals surface area contributed by atoms with Gasteiger partial charge in [0.15, 0.2) is 0 Å². The first-order chi connectivity index (χ1) is 9.79. The summed E-state index contributed by atoms with van der Waals surface area (Å²) in [6.45, 7) is 3.81. The Morgan fingerprint density at radius 1 is 1.15 bits per heavy atom. The second kappa shape index (κ2) is 7.40. The zero-order valence-corrected chi connectivity index (χ0v) is 11.3. The van der Waals surface area contributed by atoms with Gasteiger partial charge in [-0.3, -0.25) is 4.79 Å². The van der Waals surface area contributed by atoms with E-state index in [0.29, 0.717) is 24.9 Å². The Morgan fingerprint density at radius 3 is 2.75 bits per heavy atom. The van der Waals surface area contributed by atoms with Crippen molar-refractivity contribution in [1.29, 1.82) is 0 Å². The standard InChI is InChI=1S/C14H17N3O3/c1-2-7-19-8-9-20-13-4-3-11(10-16-13)14-15-6-5-12(18)17-14/h3-6,10H,2,7-9H2,1H3,(H,15,17,18). The van der Waals surface area contributed by atoms with E-state index in [1.165, 1.54) is 12.3 Å². The van der Waals surface area contributed by atoms with E-state index < -0.39 is 0 Å². The summed E-state index contributed by atoms with van der Waals surface area (Å²) in [5, 5.41) is 0. The van der Waals surface area contributed by atoms with E-state index in [1.807, 2.05) is 0 Å². The number of nitrogens with zero attached hydrogens (tertiary/aromatic N) is 2. The molecular formula is C14H17N3O3. The van der Waals surface area contributed by atoms with Crippen molar-refractivity contribution < 1.29 is 9.47 Å². The Labute approximate surface area is 116 Å². The summed E-state index contributed by atoms with van der Waals surface area (Å²) in [4.78, 5) is 22.1. The molecule has 0 spiro atoms. The van der Waals surface area contributed by atoms with Crippen LogP contribution in [0, 0.1) is 0 Å². The lowest BCUT2D eigenvalue weighted by molar-refractivity contribution is 0.0990. The van der Waals surface area contributed by atoms with E-state index in [4.69, 9.17) is 9.47 Å². The number of rotatable bonds is 7. The molecule has 20 heavy (non-hydrogen) atoms. The van der Waals surface area contributed by atoms with Crippen LogP contribution in [-0.2, 0) is 4.74 Å². The summed E-state index contributed by atoms with van der Waals surface area (Å²) >= 11 is 0. The van der Waals surface area contributed by atoms with Gasteiger partial charge in [0.1, 0.15) is 12.4 Å². The van der Waals surface area contributed by atoms with E-state index in [2.05, 4.69) is 21.9 Å². The third-order valence-electron chi connectivity index (χ3n) is 2.51. The number of aromatic nitrogens is 3. The van der Waals surface area contributed by atoms with Crippen LogP contribution in [0.3, 0.4) is 0 Å². The van der Waals surface area contributed by atoms with Crippen LogP contribution < -0.4 is 10.3 Å². The summed E-state index contributed by atoms with van der Waals surface area (Å²) in [5.74, 6) is 1.01. The van der Waals surface area contributed by atoms with Crippen LogP contribution in [0.5, 0.6) is 5.88 Å². The average Bonchev–Trinajstić information content (AvgIpc) is 2.48. The van der Waals surface area contributed by atoms with Crippen molar-refractivity contribution >= 4 is 0 Å². The van der Waals surface area contributed by atoms with Crippen molar-refractivity contribution in [3.05, 3.63) is 40.9 Å². The Balaban J connectivity index is 1.91. The highest BCUT2D eigenvalue weighted by Gasteiger charge is 2.02. The molecule has 0 fully saturated rings. The molecule has 0 radical (unpaired) electrons. The van der Waals surface area contributed by atoms with Gasteiger partial charge in [-0.25, -0.2) is 9.97 Å². The second-order valence-electron chi connectivity index (χ2n) is 4.13. The summed E-state index contributed by atoms with van der Waals surface area (Å²) in [6, 6.07) is 4.90. The van der Waals surface area contributed by atoms with Crippen LogP contribution in [0.1, 0.15) is 13.3 Å². The summed E-state index contributed by atoms with van der Waals surface area (Å²) in [7, 11) is 0. The van der Waals surface area contributed by atoms with E-state index in [1.54, 1.807) is 18.3 Å². The van der Waals surface area contributed by atoms with Gasteiger partial charge in [0.05, 0.1) is 6.61 Å². The highest BCUT2D eigenvalue weighted by Crippen LogP contribution is 2.14. The lowest BCUT2D eigenvalue weighted by Crippen LogP contribution is -2.08. The Morgan fingerprint density at radius 2 is 2.05 bits per heavy atom. The van der Waals surface area contributed by atoms with Crippen molar-refractivity contribution in [2.24, 2.45) is 0 Å². The van der Waals surface area contributed by atoms with Gasteiger partial charge < -0.3 is 14.5 Å². The van der Waals surface area contributed by atoms with Crippen molar-refractivity contribution in [3.8, 4) is 17.3 Å². The van der Waals surface area contributed by atoms with Gasteiger partial charge in [0.2, 0.25) is 5.88 Å². The van der Waals surface area contributed by atoms with Crippen LogP contribution in [0.15, 0.2) is 35.4 Å². The first-order valence-corrected chi connectivity index (χ1v) is 6.52. The molecule has 106 valence electrons. The van der Waals surface area contributed by atoms with E-state index in [-0.39, 0.29) is 5.56 Å². The summed E-state index contributed by atoms with van der Waals surface area (Å²) in [5.41, 5.74) is 0.542.